The number of hydrogen-bond donors (Lipinski definition) is 1. The summed E-state index contributed by atoms with van der Waals surface area (Å²) in [5.74, 6) is -0.327. The van der Waals surface area contributed by atoms with E-state index in [0.717, 1.165) is 6.42 Å². The van der Waals surface area contributed by atoms with Gasteiger partial charge in [0.1, 0.15) is 5.78 Å². The molecule has 0 fully saturated rings. The Balaban J connectivity index is 3.59. The van der Waals surface area contributed by atoms with E-state index in [0.29, 0.717) is 6.61 Å². The Kier molecular flexibility index (Phi) is 6.14. The topological polar surface area (TPSA) is 69.4 Å². The molecule has 1 atom stereocenters. The average molecular weight is 187 g/mol. The molecule has 0 aliphatic rings. The van der Waals surface area contributed by atoms with Crippen LogP contribution in [0.3, 0.4) is 0 Å². The van der Waals surface area contributed by atoms with Crippen LogP contribution >= 0.6 is 0 Å². The zero-order valence-electron chi connectivity index (χ0n) is 8.21. The van der Waals surface area contributed by atoms with Crippen molar-refractivity contribution in [1.29, 1.82) is 0 Å². The smallest absolute Gasteiger partial charge is 0.307 e. The van der Waals surface area contributed by atoms with Crippen LogP contribution < -0.4 is 5.73 Å². The van der Waals surface area contributed by atoms with Gasteiger partial charge in [-0.05, 0) is 13.3 Å². The molecule has 2 N–H and O–H groups in total. The molecule has 4 heteroatoms. The van der Waals surface area contributed by atoms with E-state index in [9.17, 15) is 9.59 Å². The summed E-state index contributed by atoms with van der Waals surface area (Å²) < 4.78 is 4.81. The molecule has 0 spiro atoms. The zero-order valence-corrected chi connectivity index (χ0v) is 8.21. The highest BCUT2D eigenvalue weighted by Gasteiger charge is 2.11. The van der Waals surface area contributed by atoms with E-state index in [1.807, 2.05) is 6.92 Å². The highest BCUT2D eigenvalue weighted by atomic mass is 16.5. The first-order valence-corrected chi connectivity index (χ1v) is 4.47. The second-order valence-electron chi connectivity index (χ2n) is 3.09. The van der Waals surface area contributed by atoms with Crippen molar-refractivity contribution in [2.75, 3.05) is 6.61 Å². The maximum absolute atomic E-state index is 11.0. The Morgan fingerprint density at radius 2 is 2.00 bits per heavy atom. The van der Waals surface area contributed by atoms with E-state index >= 15 is 0 Å². The quantitative estimate of drug-likeness (QED) is 0.619. The van der Waals surface area contributed by atoms with Crippen LogP contribution in [-0.2, 0) is 14.3 Å². The maximum atomic E-state index is 11.0. The summed E-state index contributed by atoms with van der Waals surface area (Å²) in [5.41, 5.74) is 5.53. The summed E-state index contributed by atoms with van der Waals surface area (Å²) in [5, 5.41) is 0. The first-order valence-electron chi connectivity index (χ1n) is 4.47. The number of carbonyl (C=O) groups excluding carboxylic acids is 2. The SMILES string of the molecule is CCCOC(=O)CC(N)CC(C)=O. The van der Waals surface area contributed by atoms with Gasteiger partial charge in [-0.15, -0.1) is 0 Å². The Hall–Kier alpha value is -0.900. The molecular weight excluding hydrogens is 170 g/mol. The molecule has 0 amide bonds. The van der Waals surface area contributed by atoms with E-state index in [4.69, 9.17) is 10.5 Å². The molecule has 0 rings (SSSR count). The van der Waals surface area contributed by atoms with Crippen molar-refractivity contribution in [2.24, 2.45) is 5.73 Å². The number of nitrogens with two attached hydrogens (primary N) is 1. The molecule has 76 valence electrons. The summed E-state index contributed by atoms with van der Waals surface area (Å²) in [4.78, 5) is 21.6. The fourth-order valence-electron chi connectivity index (χ4n) is 0.930. The summed E-state index contributed by atoms with van der Waals surface area (Å²) in [6.45, 7) is 3.80. The van der Waals surface area contributed by atoms with Crippen LogP contribution in [-0.4, -0.2) is 24.4 Å². The maximum Gasteiger partial charge on any atom is 0.307 e. The minimum atomic E-state index is -0.401. The van der Waals surface area contributed by atoms with Crippen LogP contribution in [0.25, 0.3) is 0 Å². The van der Waals surface area contributed by atoms with Crippen LogP contribution in [0.15, 0.2) is 0 Å². The molecule has 0 saturated heterocycles. The monoisotopic (exact) mass is 187 g/mol. The number of hydrogen-bond acceptors (Lipinski definition) is 4. The third-order valence-electron chi connectivity index (χ3n) is 1.45. The molecule has 13 heavy (non-hydrogen) atoms. The van der Waals surface area contributed by atoms with Gasteiger partial charge in [0.15, 0.2) is 0 Å². The summed E-state index contributed by atoms with van der Waals surface area (Å²) in [6.07, 6.45) is 1.16. The van der Waals surface area contributed by atoms with Gasteiger partial charge < -0.3 is 10.5 Å². The van der Waals surface area contributed by atoms with Gasteiger partial charge in [0.25, 0.3) is 0 Å². The van der Waals surface area contributed by atoms with Gasteiger partial charge in [-0.1, -0.05) is 6.92 Å². The molecule has 0 bridgehead atoms. The summed E-state index contributed by atoms with van der Waals surface area (Å²) in [6, 6.07) is -0.401. The minimum Gasteiger partial charge on any atom is -0.466 e. The van der Waals surface area contributed by atoms with Crippen molar-refractivity contribution >= 4 is 11.8 Å². The number of ketones is 1. The van der Waals surface area contributed by atoms with Crippen LogP contribution in [0.2, 0.25) is 0 Å². The Morgan fingerprint density at radius 1 is 1.38 bits per heavy atom. The predicted octanol–water partition coefficient (Wildman–Crippen LogP) is 0.636. The van der Waals surface area contributed by atoms with Gasteiger partial charge in [-0.2, -0.15) is 0 Å². The summed E-state index contributed by atoms with van der Waals surface area (Å²) >= 11 is 0. The van der Waals surface area contributed by atoms with Crippen LogP contribution in [0.5, 0.6) is 0 Å². The molecule has 0 aliphatic heterocycles. The Morgan fingerprint density at radius 3 is 2.46 bits per heavy atom. The molecule has 4 nitrogen and oxygen atoms in total. The lowest BCUT2D eigenvalue weighted by molar-refractivity contribution is -0.144. The third kappa shape index (κ3) is 7.46. The molecule has 0 saturated carbocycles. The molecule has 0 radical (unpaired) electrons. The highest BCUT2D eigenvalue weighted by molar-refractivity contribution is 5.77. The standard InChI is InChI=1S/C9H17NO3/c1-3-4-13-9(12)6-8(10)5-7(2)11/h8H,3-6,10H2,1-2H3. The molecule has 0 aromatic rings. The second kappa shape index (κ2) is 6.60. The van der Waals surface area contributed by atoms with Crippen molar-refractivity contribution in [3.05, 3.63) is 0 Å². The van der Waals surface area contributed by atoms with E-state index in [1.165, 1.54) is 6.92 Å². The van der Waals surface area contributed by atoms with Gasteiger partial charge in [0.2, 0.25) is 0 Å². The van der Waals surface area contributed by atoms with Crippen molar-refractivity contribution in [1.82, 2.24) is 0 Å². The Labute approximate surface area is 78.4 Å². The van der Waals surface area contributed by atoms with E-state index in [2.05, 4.69) is 0 Å². The van der Waals surface area contributed by atoms with Crippen molar-refractivity contribution in [3.63, 3.8) is 0 Å². The third-order valence-corrected chi connectivity index (χ3v) is 1.45. The second-order valence-corrected chi connectivity index (χ2v) is 3.09. The summed E-state index contributed by atoms with van der Waals surface area (Å²) in [7, 11) is 0. The highest BCUT2D eigenvalue weighted by Crippen LogP contribution is 1.98. The number of carbonyl (C=O) groups is 2. The largest absolute Gasteiger partial charge is 0.466 e. The van der Waals surface area contributed by atoms with E-state index < -0.39 is 6.04 Å². The van der Waals surface area contributed by atoms with Gasteiger partial charge in [-0.25, -0.2) is 0 Å². The molecule has 0 heterocycles. The zero-order chi connectivity index (χ0) is 10.3. The molecular formula is C9H17NO3. The number of ether oxygens (including phenoxy) is 1. The van der Waals surface area contributed by atoms with Gasteiger partial charge in [0.05, 0.1) is 13.0 Å². The van der Waals surface area contributed by atoms with Gasteiger partial charge in [0, 0.05) is 12.5 Å². The van der Waals surface area contributed by atoms with Crippen LogP contribution in [0, 0.1) is 0 Å². The predicted molar refractivity (Wildman–Crippen MR) is 49.1 cm³/mol. The number of rotatable bonds is 6. The van der Waals surface area contributed by atoms with Crippen molar-refractivity contribution in [3.8, 4) is 0 Å². The van der Waals surface area contributed by atoms with Crippen molar-refractivity contribution < 1.29 is 14.3 Å². The first kappa shape index (κ1) is 12.1. The van der Waals surface area contributed by atoms with Gasteiger partial charge >= 0.3 is 5.97 Å². The lowest BCUT2D eigenvalue weighted by Gasteiger charge is -2.08. The number of esters is 1. The first-order chi connectivity index (χ1) is 6.06. The molecule has 0 aliphatic carbocycles. The van der Waals surface area contributed by atoms with E-state index in [1.54, 1.807) is 0 Å². The normalized spacial score (nSPS) is 12.2. The molecule has 0 aromatic heterocycles. The fraction of sp³-hybridized carbons (Fsp3) is 0.778. The lowest BCUT2D eigenvalue weighted by Crippen LogP contribution is -2.27. The molecule has 1 unspecified atom stereocenters. The van der Waals surface area contributed by atoms with Crippen molar-refractivity contribution in [2.45, 2.75) is 39.2 Å². The van der Waals surface area contributed by atoms with Crippen LogP contribution in [0.4, 0.5) is 0 Å². The van der Waals surface area contributed by atoms with E-state index in [-0.39, 0.29) is 24.6 Å². The fourth-order valence-corrected chi connectivity index (χ4v) is 0.930. The number of Topliss-reactive ketones (excluding diaryl/α,β-unsaturated/α-hetero) is 1. The Bertz CT molecular complexity index is 180. The molecule has 0 aromatic carbocycles. The average Bonchev–Trinajstić information content (AvgIpc) is 1.98. The lowest BCUT2D eigenvalue weighted by atomic mass is 10.1. The van der Waals surface area contributed by atoms with Gasteiger partial charge in [-0.3, -0.25) is 9.59 Å². The minimum absolute atomic E-state index is 0.00390. The van der Waals surface area contributed by atoms with Crippen LogP contribution in [0.1, 0.15) is 33.1 Å².